The van der Waals surface area contributed by atoms with E-state index in [1.165, 1.54) is 9.80 Å². The number of carbonyl (C=O) groups is 4. The van der Waals surface area contributed by atoms with Crippen molar-refractivity contribution in [2.75, 3.05) is 26.2 Å². The fourth-order valence-corrected chi connectivity index (χ4v) is 2.21. The van der Waals surface area contributed by atoms with E-state index in [-0.39, 0.29) is 26.2 Å². The number of carbonyl (C=O) groups excluding carboxylic acids is 2. The Morgan fingerprint density at radius 3 is 1.39 bits per heavy atom. The molecular formula is C15H24N2O6. The Morgan fingerprint density at radius 2 is 1.17 bits per heavy atom. The minimum absolute atomic E-state index is 0.289. The zero-order chi connectivity index (χ0) is 18.2. The smallest absolute Gasteiger partial charge is 0.333 e. The van der Waals surface area contributed by atoms with Crippen LogP contribution in [0.1, 0.15) is 27.7 Å². The molecule has 0 aliphatic rings. The summed E-state index contributed by atoms with van der Waals surface area (Å²) in [5.74, 6) is -6.20. The lowest BCUT2D eigenvalue weighted by atomic mass is 9.94. The van der Waals surface area contributed by atoms with Crippen LogP contribution in [0.4, 0.5) is 0 Å². The normalized spacial score (nSPS) is 11.3. The topological polar surface area (TPSA) is 115 Å². The van der Waals surface area contributed by atoms with Gasteiger partial charge in [-0.2, -0.15) is 0 Å². The molecule has 8 heteroatoms. The van der Waals surface area contributed by atoms with E-state index in [0.29, 0.717) is 6.08 Å². The Morgan fingerprint density at radius 1 is 0.826 bits per heavy atom. The van der Waals surface area contributed by atoms with Gasteiger partial charge in [-0.25, -0.2) is 9.59 Å². The highest BCUT2D eigenvalue weighted by Crippen LogP contribution is 2.19. The Bertz CT molecular complexity index is 468. The highest BCUT2D eigenvalue weighted by atomic mass is 16.4. The van der Waals surface area contributed by atoms with Crippen LogP contribution in [0, 0.1) is 5.92 Å². The number of amides is 2. The molecule has 2 N–H and O–H groups in total. The first-order chi connectivity index (χ1) is 10.7. The molecule has 0 aliphatic carbocycles. The molecule has 0 aromatic rings. The van der Waals surface area contributed by atoms with Gasteiger partial charge in [-0.3, -0.25) is 9.59 Å². The van der Waals surface area contributed by atoms with Gasteiger partial charge in [0.1, 0.15) is 5.92 Å². The molecule has 0 saturated carbocycles. The molecule has 130 valence electrons. The van der Waals surface area contributed by atoms with E-state index in [9.17, 15) is 24.3 Å². The number of nitrogens with zero attached hydrogens (tertiary/aromatic N) is 2. The maximum absolute atomic E-state index is 12.6. The largest absolute Gasteiger partial charge is 0.478 e. The van der Waals surface area contributed by atoms with E-state index in [1.54, 1.807) is 27.7 Å². The summed E-state index contributed by atoms with van der Waals surface area (Å²) in [5, 5.41) is 18.1. The van der Waals surface area contributed by atoms with Crippen molar-refractivity contribution >= 4 is 23.8 Å². The maximum atomic E-state index is 12.6. The number of rotatable bonds is 9. The SMILES string of the molecule is CCN(CC)C(=O)C(C(=O)N(CC)CC)/C(=C\C(=O)O)C(=O)O. The van der Waals surface area contributed by atoms with E-state index in [1.807, 2.05) is 0 Å². The van der Waals surface area contributed by atoms with Crippen LogP contribution in [0.15, 0.2) is 11.6 Å². The van der Waals surface area contributed by atoms with Crippen LogP contribution in [0.5, 0.6) is 0 Å². The minimum Gasteiger partial charge on any atom is -0.478 e. The third-order valence-corrected chi connectivity index (χ3v) is 3.48. The Balaban J connectivity index is 6.07. The summed E-state index contributed by atoms with van der Waals surface area (Å²) in [6.45, 7) is 7.94. The summed E-state index contributed by atoms with van der Waals surface area (Å²) in [5.41, 5.74) is -0.730. The molecule has 0 saturated heterocycles. The highest BCUT2D eigenvalue weighted by molar-refractivity contribution is 6.11. The summed E-state index contributed by atoms with van der Waals surface area (Å²) in [4.78, 5) is 50.1. The van der Waals surface area contributed by atoms with Crippen molar-refractivity contribution in [3.05, 3.63) is 11.6 Å². The Labute approximate surface area is 135 Å². The average molecular weight is 328 g/mol. The molecule has 2 amide bonds. The zero-order valence-electron chi connectivity index (χ0n) is 13.9. The lowest BCUT2D eigenvalue weighted by molar-refractivity contribution is -0.148. The molecule has 23 heavy (non-hydrogen) atoms. The van der Waals surface area contributed by atoms with E-state index >= 15 is 0 Å². The highest BCUT2D eigenvalue weighted by Gasteiger charge is 2.38. The summed E-state index contributed by atoms with van der Waals surface area (Å²) < 4.78 is 0. The molecule has 0 rings (SSSR count). The molecule has 8 nitrogen and oxygen atoms in total. The first-order valence-corrected chi connectivity index (χ1v) is 7.50. The van der Waals surface area contributed by atoms with Gasteiger partial charge >= 0.3 is 11.9 Å². The van der Waals surface area contributed by atoms with Crippen LogP contribution in [-0.2, 0) is 19.2 Å². The lowest BCUT2D eigenvalue weighted by Crippen LogP contribution is -2.47. The molecule has 0 atom stereocenters. The summed E-state index contributed by atoms with van der Waals surface area (Å²) in [6.07, 6.45) is 0.412. The van der Waals surface area contributed by atoms with Crippen LogP contribution in [0.25, 0.3) is 0 Å². The van der Waals surface area contributed by atoms with Crippen LogP contribution < -0.4 is 0 Å². The van der Waals surface area contributed by atoms with Gasteiger partial charge in [0.05, 0.1) is 5.57 Å². The van der Waals surface area contributed by atoms with Gasteiger partial charge in [-0.05, 0) is 27.7 Å². The van der Waals surface area contributed by atoms with Gasteiger partial charge < -0.3 is 20.0 Å². The van der Waals surface area contributed by atoms with E-state index in [4.69, 9.17) is 5.11 Å². The van der Waals surface area contributed by atoms with Crippen molar-refractivity contribution in [1.82, 2.24) is 9.80 Å². The van der Waals surface area contributed by atoms with Gasteiger partial charge in [0.2, 0.25) is 11.8 Å². The van der Waals surface area contributed by atoms with Gasteiger partial charge in [0.25, 0.3) is 0 Å². The Kier molecular flexibility index (Phi) is 8.61. The monoisotopic (exact) mass is 328 g/mol. The zero-order valence-corrected chi connectivity index (χ0v) is 13.9. The molecule has 0 radical (unpaired) electrons. The minimum atomic E-state index is -1.66. The predicted octanol–water partition coefficient (Wildman–Crippen LogP) is 0.435. The predicted molar refractivity (Wildman–Crippen MR) is 82.7 cm³/mol. The second-order valence-electron chi connectivity index (χ2n) is 4.70. The fraction of sp³-hybridized carbons (Fsp3) is 0.600. The number of aliphatic carboxylic acids is 2. The second-order valence-corrected chi connectivity index (χ2v) is 4.70. The standard InChI is InChI=1S/C15H24N2O6/c1-5-16(6-2)13(20)12(14(21)17(7-3)8-4)10(15(22)23)9-11(18)19/h9,12H,5-8H2,1-4H3,(H,18,19)(H,22,23)/b10-9+. The maximum Gasteiger partial charge on any atom is 0.333 e. The van der Waals surface area contributed by atoms with Crippen molar-refractivity contribution in [3.8, 4) is 0 Å². The van der Waals surface area contributed by atoms with Crippen LogP contribution in [0.3, 0.4) is 0 Å². The average Bonchev–Trinajstić information content (AvgIpc) is 2.48. The number of hydrogen-bond donors (Lipinski definition) is 2. The van der Waals surface area contributed by atoms with Crippen molar-refractivity contribution in [3.63, 3.8) is 0 Å². The van der Waals surface area contributed by atoms with Crippen molar-refractivity contribution in [2.24, 2.45) is 5.92 Å². The second kappa shape index (κ2) is 9.60. The summed E-state index contributed by atoms with van der Waals surface area (Å²) in [7, 11) is 0. The van der Waals surface area contributed by atoms with E-state index in [0.717, 1.165) is 0 Å². The first kappa shape index (κ1) is 20.6. The van der Waals surface area contributed by atoms with Gasteiger partial charge in [0.15, 0.2) is 0 Å². The fourth-order valence-electron chi connectivity index (χ4n) is 2.21. The third kappa shape index (κ3) is 5.39. The van der Waals surface area contributed by atoms with Crippen LogP contribution >= 0.6 is 0 Å². The van der Waals surface area contributed by atoms with Crippen molar-refractivity contribution in [1.29, 1.82) is 0 Å². The molecule has 0 fully saturated rings. The quantitative estimate of drug-likeness (QED) is 0.468. The van der Waals surface area contributed by atoms with Crippen LogP contribution in [0.2, 0.25) is 0 Å². The van der Waals surface area contributed by atoms with Crippen molar-refractivity contribution in [2.45, 2.75) is 27.7 Å². The van der Waals surface area contributed by atoms with Gasteiger partial charge in [0, 0.05) is 32.3 Å². The molecule has 0 heterocycles. The number of carboxylic acid groups (broad SMARTS) is 2. The van der Waals surface area contributed by atoms with E-state index < -0.39 is 35.2 Å². The Hall–Kier alpha value is -2.38. The molecule has 0 aromatic carbocycles. The molecule has 0 unspecified atom stereocenters. The molecular weight excluding hydrogens is 304 g/mol. The summed E-state index contributed by atoms with van der Waals surface area (Å²) in [6, 6.07) is 0. The van der Waals surface area contributed by atoms with E-state index in [2.05, 4.69) is 0 Å². The lowest BCUT2D eigenvalue weighted by Gasteiger charge is -2.29. The van der Waals surface area contributed by atoms with Gasteiger partial charge in [-0.1, -0.05) is 0 Å². The molecule has 0 aromatic heterocycles. The molecule has 0 bridgehead atoms. The van der Waals surface area contributed by atoms with Gasteiger partial charge in [-0.15, -0.1) is 0 Å². The number of carboxylic acids is 2. The van der Waals surface area contributed by atoms with Crippen molar-refractivity contribution < 1.29 is 29.4 Å². The third-order valence-electron chi connectivity index (χ3n) is 3.48. The number of hydrogen-bond acceptors (Lipinski definition) is 4. The molecule has 0 aliphatic heterocycles. The molecule has 0 spiro atoms. The summed E-state index contributed by atoms with van der Waals surface area (Å²) >= 11 is 0. The first-order valence-electron chi connectivity index (χ1n) is 7.50. The van der Waals surface area contributed by atoms with Crippen LogP contribution in [-0.4, -0.2) is 69.9 Å².